The number of carbonyl (C=O) groups excluding carboxylic acids is 2. The molecule has 29 heavy (non-hydrogen) atoms. The Balaban J connectivity index is 2.13. The summed E-state index contributed by atoms with van der Waals surface area (Å²) in [6.07, 6.45) is 9.40. The number of amides is 1. The highest BCUT2D eigenvalue weighted by Crippen LogP contribution is 2.50. The molecule has 1 fully saturated rings. The molecule has 0 aromatic rings. The van der Waals surface area contributed by atoms with Crippen LogP contribution in [0.15, 0.2) is 35.5 Å². The second kappa shape index (κ2) is 8.47. The Labute approximate surface area is 174 Å². The van der Waals surface area contributed by atoms with Crippen molar-refractivity contribution in [3.8, 4) is 0 Å². The van der Waals surface area contributed by atoms with Gasteiger partial charge in [-0.25, -0.2) is 4.79 Å². The normalized spacial score (nSPS) is 41.0. The first kappa shape index (κ1) is 21.8. The van der Waals surface area contributed by atoms with E-state index in [2.05, 4.69) is 52.1 Å². The number of ether oxygens (including phenoxy) is 1. The number of aliphatic hydroxyl groups excluding tert-OH is 1. The number of esters is 1. The van der Waals surface area contributed by atoms with Crippen LogP contribution in [0.3, 0.4) is 0 Å². The predicted molar refractivity (Wildman–Crippen MR) is 113 cm³/mol. The summed E-state index contributed by atoms with van der Waals surface area (Å²) in [4.78, 5) is 26.2. The molecule has 5 heteroatoms. The van der Waals surface area contributed by atoms with E-state index in [0.717, 1.165) is 24.8 Å². The Kier molecular flexibility index (Phi) is 6.37. The Bertz CT molecular complexity index is 750. The van der Waals surface area contributed by atoms with E-state index in [0.29, 0.717) is 12.3 Å². The summed E-state index contributed by atoms with van der Waals surface area (Å²) < 4.78 is 6.04. The lowest BCUT2D eigenvalue weighted by molar-refractivity contribution is -0.172. The molecule has 3 rings (SSSR count). The van der Waals surface area contributed by atoms with E-state index in [-0.39, 0.29) is 29.7 Å². The van der Waals surface area contributed by atoms with E-state index in [1.54, 1.807) is 0 Å². The van der Waals surface area contributed by atoms with Crippen LogP contribution >= 0.6 is 0 Å². The van der Waals surface area contributed by atoms with E-state index in [1.807, 2.05) is 0 Å². The second-order valence-electron chi connectivity index (χ2n) is 9.51. The third kappa shape index (κ3) is 4.20. The fourth-order valence-corrected chi connectivity index (χ4v) is 5.29. The molecule has 2 aliphatic heterocycles. The molecule has 1 spiro atoms. The van der Waals surface area contributed by atoms with Crippen molar-refractivity contribution in [1.29, 1.82) is 0 Å². The van der Waals surface area contributed by atoms with Crippen molar-refractivity contribution in [2.24, 2.45) is 23.7 Å². The van der Waals surface area contributed by atoms with Crippen LogP contribution in [0.1, 0.15) is 60.3 Å². The molecule has 0 saturated carbocycles. The second-order valence-corrected chi connectivity index (χ2v) is 9.51. The fraction of sp³-hybridized carbons (Fsp3) is 0.667. The molecule has 0 radical (unpaired) electrons. The van der Waals surface area contributed by atoms with Crippen molar-refractivity contribution in [3.05, 3.63) is 35.5 Å². The first-order valence-corrected chi connectivity index (χ1v) is 10.9. The van der Waals surface area contributed by atoms with Crippen LogP contribution in [0.2, 0.25) is 0 Å². The topological polar surface area (TPSA) is 75.6 Å². The summed E-state index contributed by atoms with van der Waals surface area (Å²) >= 11 is 0. The average molecular weight is 402 g/mol. The van der Waals surface area contributed by atoms with E-state index < -0.39 is 17.7 Å². The van der Waals surface area contributed by atoms with Crippen molar-refractivity contribution in [2.75, 3.05) is 0 Å². The van der Waals surface area contributed by atoms with Crippen LogP contribution in [0.4, 0.5) is 0 Å². The number of carbonyl (C=O) groups is 2. The summed E-state index contributed by atoms with van der Waals surface area (Å²) in [6, 6.07) is -0.0346. The maximum atomic E-state index is 13.4. The highest BCUT2D eigenvalue weighted by atomic mass is 16.6. The highest BCUT2D eigenvalue weighted by molar-refractivity contribution is 5.94. The van der Waals surface area contributed by atoms with Crippen molar-refractivity contribution >= 4 is 11.9 Å². The lowest BCUT2D eigenvalue weighted by Gasteiger charge is -2.45. The van der Waals surface area contributed by atoms with Gasteiger partial charge in [0.2, 0.25) is 5.60 Å². The minimum atomic E-state index is -1.24. The number of rotatable bonds is 2. The molecule has 0 unspecified atom stereocenters. The molecule has 2 N–H and O–H groups in total. The van der Waals surface area contributed by atoms with Crippen LogP contribution < -0.4 is 5.32 Å². The zero-order chi connectivity index (χ0) is 21.3. The molecule has 0 aromatic carbocycles. The van der Waals surface area contributed by atoms with Crippen LogP contribution in [-0.4, -0.2) is 34.7 Å². The first-order chi connectivity index (χ1) is 13.6. The minimum Gasteiger partial charge on any atom is -0.444 e. The van der Waals surface area contributed by atoms with Crippen LogP contribution in [0, 0.1) is 23.7 Å². The van der Waals surface area contributed by atoms with Crippen molar-refractivity contribution < 1.29 is 19.4 Å². The van der Waals surface area contributed by atoms with Crippen molar-refractivity contribution in [2.45, 2.75) is 78.0 Å². The SMILES string of the molecule is CC1=C[C@H]2/C=C(/C)CCC[C@H](O)/C=C\C(=O)O[C@]23C(=O)N[C@@H](CC(C)C)[C@H]3[C@H]1C. The number of allylic oxidation sites excluding steroid dienone is 2. The van der Waals surface area contributed by atoms with Crippen LogP contribution in [0.25, 0.3) is 0 Å². The Hall–Kier alpha value is -1.88. The molecule has 3 aliphatic rings. The van der Waals surface area contributed by atoms with Gasteiger partial charge >= 0.3 is 5.97 Å². The maximum Gasteiger partial charge on any atom is 0.331 e. The molecule has 0 aromatic heterocycles. The summed E-state index contributed by atoms with van der Waals surface area (Å²) in [5.74, 6) is -0.632. The van der Waals surface area contributed by atoms with Crippen molar-refractivity contribution in [1.82, 2.24) is 5.32 Å². The third-order valence-electron chi connectivity index (χ3n) is 6.78. The lowest BCUT2D eigenvalue weighted by Crippen LogP contribution is -2.56. The summed E-state index contributed by atoms with van der Waals surface area (Å²) in [7, 11) is 0. The zero-order valence-electron chi connectivity index (χ0n) is 18.3. The molecule has 5 nitrogen and oxygen atoms in total. The number of nitrogens with one attached hydrogen (secondary N) is 1. The largest absolute Gasteiger partial charge is 0.444 e. The van der Waals surface area contributed by atoms with Crippen molar-refractivity contribution in [3.63, 3.8) is 0 Å². The van der Waals surface area contributed by atoms with E-state index >= 15 is 0 Å². The number of hydrogen-bond acceptors (Lipinski definition) is 4. The maximum absolute atomic E-state index is 13.4. The number of hydrogen-bond donors (Lipinski definition) is 2. The van der Waals surface area contributed by atoms with Gasteiger partial charge in [0.15, 0.2) is 0 Å². The van der Waals surface area contributed by atoms with Gasteiger partial charge in [0, 0.05) is 24.0 Å². The standard InChI is InChI=1S/C24H35NO4/c1-14(2)11-20-22-17(5)16(4)13-18-12-15(3)7-6-8-19(26)9-10-21(27)29-24(18,22)23(28)25-20/h9-10,12-14,17-20,22,26H,6-8,11H2,1-5H3,(H,25,28)/b10-9-,15-12-/t17-,18+,19-,20-,22+,24+/m0/s1. The van der Waals surface area contributed by atoms with Gasteiger partial charge in [0.25, 0.3) is 5.91 Å². The molecule has 160 valence electrons. The first-order valence-electron chi connectivity index (χ1n) is 10.9. The quantitative estimate of drug-likeness (QED) is 0.547. The Morgan fingerprint density at radius 2 is 2.00 bits per heavy atom. The highest BCUT2D eigenvalue weighted by Gasteiger charge is 2.64. The molecule has 0 bridgehead atoms. The monoisotopic (exact) mass is 401 g/mol. The molecular formula is C24H35NO4. The molecule has 1 saturated heterocycles. The van der Waals surface area contributed by atoms with Gasteiger partial charge < -0.3 is 15.2 Å². The predicted octanol–water partition coefficient (Wildman–Crippen LogP) is 3.69. The van der Waals surface area contributed by atoms with E-state index in [1.165, 1.54) is 17.7 Å². The average Bonchev–Trinajstić information content (AvgIpc) is 2.89. The zero-order valence-corrected chi connectivity index (χ0v) is 18.3. The van der Waals surface area contributed by atoms with Gasteiger partial charge in [-0.05, 0) is 57.4 Å². The van der Waals surface area contributed by atoms with Gasteiger partial charge in [-0.3, -0.25) is 4.79 Å². The van der Waals surface area contributed by atoms with E-state index in [9.17, 15) is 14.7 Å². The van der Waals surface area contributed by atoms with Gasteiger partial charge in [0.1, 0.15) is 0 Å². The van der Waals surface area contributed by atoms with Gasteiger partial charge in [-0.2, -0.15) is 0 Å². The molecule has 2 heterocycles. The smallest absolute Gasteiger partial charge is 0.331 e. The fourth-order valence-electron chi connectivity index (χ4n) is 5.29. The van der Waals surface area contributed by atoms with Gasteiger partial charge in [0.05, 0.1) is 6.10 Å². The molecule has 1 aliphatic carbocycles. The molecular weight excluding hydrogens is 366 g/mol. The third-order valence-corrected chi connectivity index (χ3v) is 6.78. The Morgan fingerprint density at radius 1 is 1.28 bits per heavy atom. The van der Waals surface area contributed by atoms with Crippen LogP contribution in [-0.2, 0) is 14.3 Å². The molecule has 6 atom stereocenters. The summed E-state index contributed by atoms with van der Waals surface area (Å²) in [5.41, 5.74) is 1.14. The summed E-state index contributed by atoms with van der Waals surface area (Å²) in [5, 5.41) is 13.3. The minimum absolute atomic E-state index is 0.0346. The number of aliphatic hydroxyl groups is 1. The summed E-state index contributed by atoms with van der Waals surface area (Å²) in [6.45, 7) is 10.6. The Morgan fingerprint density at radius 3 is 2.69 bits per heavy atom. The van der Waals surface area contributed by atoms with Gasteiger partial charge in [-0.1, -0.05) is 44.1 Å². The molecule has 1 amide bonds. The van der Waals surface area contributed by atoms with Gasteiger partial charge in [-0.15, -0.1) is 0 Å². The lowest BCUT2D eigenvalue weighted by atomic mass is 9.63. The van der Waals surface area contributed by atoms with Crippen LogP contribution in [0.5, 0.6) is 0 Å². The van der Waals surface area contributed by atoms with E-state index in [4.69, 9.17) is 4.74 Å².